The van der Waals surface area contributed by atoms with Gasteiger partial charge in [-0.2, -0.15) is 10.1 Å². The fourth-order valence-electron chi connectivity index (χ4n) is 4.89. The van der Waals surface area contributed by atoms with E-state index in [1.165, 1.54) is 17.0 Å². The normalized spacial score (nSPS) is 13.8. The first-order chi connectivity index (χ1) is 19.1. The van der Waals surface area contributed by atoms with Gasteiger partial charge in [0.2, 0.25) is 11.1 Å². The molecule has 1 aromatic carbocycles. The third-order valence-corrected chi connectivity index (χ3v) is 7.76. The molecule has 2 N–H and O–H groups in total. The summed E-state index contributed by atoms with van der Waals surface area (Å²) in [5, 5.41) is 14.3. The van der Waals surface area contributed by atoms with Crippen LogP contribution >= 0.6 is 11.3 Å². The number of pyridine rings is 1. The molecular weight excluding hydrogens is 510 g/mol. The van der Waals surface area contributed by atoms with E-state index in [2.05, 4.69) is 55.7 Å². The summed E-state index contributed by atoms with van der Waals surface area (Å²) in [4.78, 5) is 29.2. The van der Waals surface area contributed by atoms with Crippen LogP contribution in [0, 0.1) is 12.3 Å². The molecule has 0 unspecified atom stereocenters. The number of nitrogens with one attached hydrogen (secondary N) is 2. The first-order valence-corrected chi connectivity index (χ1v) is 13.6. The van der Waals surface area contributed by atoms with Gasteiger partial charge >= 0.3 is 0 Å². The van der Waals surface area contributed by atoms with Crippen molar-refractivity contribution in [2.75, 3.05) is 30.4 Å². The highest BCUT2D eigenvalue weighted by Gasteiger charge is 2.18. The number of fused-ring (bicyclic) bond motifs is 1. The van der Waals surface area contributed by atoms with Crippen LogP contribution in [0.25, 0.3) is 16.2 Å². The van der Waals surface area contributed by atoms with E-state index in [-0.39, 0.29) is 17.7 Å². The zero-order valence-corrected chi connectivity index (χ0v) is 22.2. The van der Waals surface area contributed by atoms with E-state index in [1.807, 2.05) is 23.6 Å². The molecule has 0 amide bonds. The molecule has 0 spiro atoms. The Kier molecular flexibility index (Phi) is 6.79. The molecule has 1 aliphatic rings. The molecular formula is C28H27N9OS. The third-order valence-electron chi connectivity index (χ3n) is 7.01. The first-order valence-electron chi connectivity index (χ1n) is 12.7. The van der Waals surface area contributed by atoms with Gasteiger partial charge in [0.25, 0.3) is 5.56 Å². The largest absolute Gasteiger partial charge is 0.372 e. The number of thiazole rings is 1. The maximum absolute atomic E-state index is 13.3. The van der Waals surface area contributed by atoms with Crippen LogP contribution in [0.15, 0.2) is 65.2 Å². The molecule has 0 bridgehead atoms. The Labute approximate surface area is 229 Å². The Bertz CT molecular complexity index is 1690. The number of terminal acetylenes is 1. The van der Waals surface area contributed by atoms with E-state index >= 15 is 0 Å². The van der Waals surface area contributed by atoms with Gasteiger partial charge in [-0.1, -0.05) is 5.92 Å². The van der Waals surface area contributed by atoms with E-state index < -0.39 is 0 Å². The second-order valence-corrected chi connectivity index (χ2v) is 10.3. The van der Waals surface area contributed by atoms with Crippen LogP contribution in [0.2, 0.25) is 0 Å². The van der Waals surface area contributed by atoms with Gasteiger partial charge in [0.15, 0.2) is 0 Å². The zero-order valence-electron chi connectivity index (χ0n) is 21.4. The lowest BCUT2D eigenvalue weighted by atomic mass is 10.0. The fraction of sp³-hybridized carbons (Fsp3) is 0.250. The quantitative estimate of drug-likeness (QED) is 0.305. The second-order valence-electron chi connectivity index (χ2n) is 9.38. The zero-order chi connectivity index (χ0) is 26.8. The van der Waals surface area contributed by atoms with E-state index in [1.54, 1.807) is 33.9 Å². The smallest absolute Gasteiger partial charge is 0.268 e. The number of aromatic nitrogens is 6. The Morgan fingerprint density at radius 2 is 2.00 bits per heavy atom. The molecule has 5 aromatic rings. The lowest BCUT2D eigenvalue weighted by Crippen LogP contribution is -2.41. The van der Waals surface area contributed by atoms with Crippen LogP contribution < -0.4 is 21.1 Å². The van der Waals surface area contributed by atoms with Gasteiger partial charge in [-0.25, -0.2) is 14.6 Å². The number of hydrogen-bond acceptors (Lipinski definition) is 9. The van der Waals surface area contributed by atoms with Gasteiger partial charge in [-0.3, -0.25) is 9.36 Å². The van der Waals surface area contributed by atoms with Crippen molar-refractivity contribution >= 4 is 39.7 Å². The van der Waals surface area contributed by atoms with Crippen molar-refractivity contribution in [2.24, 2.45) is 0 Å². The molecule has 4 aromatic heterocycles. The van der Waals surface area contributed by atoms with Gasteiger partial charge in [-0.05, 0) is 62.3 Å². The molecule has 0 atom stereocenters. The molecule has 39 heavy (non-hydrogen) atoms. The summed E-state index contributed by atoms with van der Waals surface area (Å²) in [5.41, 5.74) is 3.23. The average Bonchev–Trinajstić information content (AvgIpc) is 3.67. The second kappa shape index (κ2) is 10.7. The standard InChI is InChI=1S/C28H27N9OS/c1-3-19-16-20-17-31-27(33-21-4-6-22(7-5-21)35(2)23-8-11-29-12-9-23)34-25(20)36(26(19)38)18-24-10-13-32-37(24)28-30-14-15-39-28/h1,4-7,10,13-17,23,29H,8-9,11-12,18H2,2H3,(H,31,33,34). The van der Waals surface area contributed by atoms with E-state index in [0.29, 0.717) is 28.2 Å². The fourth-order valence-corrected chi connectivity index (χ4v) is 5.52. The molecule has 1 aliphatic heterocycles. The number of nitrogens with zero attached hydrogens (tertiary/aromatic N) is 7. The average molecular weight is 538 g/mol. The summed E-state index contributed by atoms with van der Waals surface area (Å²) in [5.74, 6) is 2.88. The van der Waals surface area contributed by atoms with Crippen LogP contribution in [-0.2, 0) is 6.54 Å². The van der Waals surface area contributed by atoms with Crippen LogP contribution in [0.4, 0.5) is 17.3 Å². The Morgan fingerprint density at radius 3 is 2.74 bits per heavy atom. The molecule has 5 heterocycles. The topological polar surface area (TPSA) is 106 Å². The third kappa shape index (κ3) is 4.99. The summed E-state index contributed by atoms with van der Waals surface area (Å²) >= 11 is 1.46. The number of anilines is 3. The lowest BCUT2D eigenvalue weighted by Gasteiger charge is -2.33. The van der Waals surface area contributed by atoms with Gasteiger partial charge in [0, 0.05) is 53.8 Å². The van der Waals surface area contributed by atoms with Gasteiger partial charge in [0.1, 0.15) is 5.65 Å². The van der Waals surface area contributed by atoms with Gasteiger partial charge in [0.05, 0.1) is 17.8 Å². The minimum Gasteiger partial charge on any atom is -0.372 e. The minimum atomic E-state index is -0.299. The number of benzene rings is 1. The maximum Gasteiger partial charge on any atom is 0.268 e. The van der Waals surface area contributed by atoms with E-state index in [9.17, 15) is 4.79 Å². The van der Waals surface area contributed by atoms with Crippen LogP contribution in [0.3, 0.4) is 0 Å². The molecule has 6 rings (SSSR count). The number of rotatable bonds is 7. The molecule has 0 saturated carbocycles. The highest BCUT2D eigenvalue weighted by Crippen LogP contribution is 2.24. The Hall–Kier alpha value is -4.53. The minimum absolute atomic E-state index is 0.221. The molecule has 196 valence electrons. The summed E-state index contributed by atoms with van der Waals surface area (Å²) in [6.45, 7) is 2.32. The van der Waals surface area contributed by atoms with Crippen LogP contribution in [0.1, 0.15) is 24.1 Å². The molecule has 1 saturated heterocycles. The van der Waals surface area contributed by atoms with Crippen molar-refractivity contribution in [1.82, 2.24) is 34.6 Å². The predicted octanol–water partition coefficient (Wildman–Crippen LogP) is 3.40. The van der Waals surface area contributed by atoms with E-state index in [4.69, 9.17) is 11.4 Å². The van der Waals surface area contributed by atoms with Gasteiger partial charge < -0.3 is 15.5 Å². The maximum atomic E-state index is 13.3. The van der Waals surface area contributed by atoms with Crippen molar-refractivity contribution in [1.29, 1.82) is 0 Å². The summed E-state index contributed by atoms with van der Waals surface area (Å²) in [6.07, 6.45) is 13.0. The number of hydrogen-bond donors (Lipinski definition) is 2. The van der Waals surface area contributed by atoms with E-state index in [0.717, 1.165) is 37.3 Å². The molecule has 0 radical (unpaired) electrons. The Balaban J connectivity index is 1.30. The first kappa shape index (κ1) is 24.8. The van der Waals surface area contributed by atoms with Crippen molar-refractivity contribution < 1.29 is 0 Å². The predicted molar refractivity (Wildman–Crippen MR) is 154 cm³/mol. The SMILES string of the molecule is C#Cc1cc2cnc(Nc3ccc(N(C)C4CCNCC4)cc3)nc2n(Cc2ccnn2-c2nccs2)c1=O. The van der Waals surface area contributed by atoms with Crippen LogP contribution in [0.5, 0.6) is 0 Å². The van der Waals surface area contributed by atoms with Gasteiger partial charge in [-0.15, -0.1) is 17.8 Å². The van der Waals surface area contributed by atoms with Crippen molar-refractivity contribution in [3.05, 3.63) is 82.0 Å². The molecule has 0 aliphatic carbocycles. The molecule has 10 nitrogen and oxygen atoms in total. The number of piperidine rings is 1. The lowest BCUT2D eigenvalue weighted by molar-refractivity contribution is 0.443. The highest BCUT2D eigenvalue weighted by atomic mass is 32.1. The summed E-state index contributed by atoms with van der Waals surface area (Å²) in [6, 6.07) is 12.3. The highest BCUT2D eigenvalue weighted by molar-refractivity contribution is 7.12. The summed E-state index contributed by atoms with van der Waals surface area (Å²) in [7, 11) is 2.15. The van der Waals surface area contributed by atoms with Crippen LogP contribution in [-0.4, -0.2) is 55.5 Å². The van der Waals surface area contributed by atoms with Crippen molar-refractivity contribution in [2.45, 2.75) is 25.4 Å². The van der Waals surface area contributed by atoms with Crippen molar-refractivity contribution in [3.8, 4) is 17.5 Å². The van der Waals surface area contributed by atoms with Crippen molar-refractivity contribution in [3.63, 3.8) is 0 Å². The Morgan fingerprint density at radius 1 is 1.18 bits per heavy atom. The molecule has 1 fully saturated rings. The molecule has 11 heteroatoms. The monoisotopic (exact) mass is 537 g/mol. The summed E-state index contributed by atoms with van der Waals surface area (Å²) < 4.78 is 3.28.